The first-order chi connectivity index (χ1) is 12.0. The molecule has 10 heteroatoms. The van der Waals surface area contributed by atoms with Crippen LogP contribution >= 0.6 is 11.5 Å². The average molecular weight is 368 g/mol. The van der Waals surface area contributed by atoms with E-state index in [0.717, 1.165) is 11.5 Å². The Kier molecular flexibility index (Phi) is 5.16. The van der Waals surface area contributed by atoms with Crippen molar-refractivity contribution < 1.29 is 23.9 Å². The van der Waals surface area contributed by atoms with Crippen molar-refractivity contribution >= 4 is 29.5 Å². The number of rotatable bonds is 4. The number of piperidine rings is 1. The fourth-order valence-electron chi connectivity index (χ4n) is 3.17. The fraction of sp³-hybridized carbons (Fsp3) is 0.667. The summed E-state index contributed by atoms with van der Waals surface area (Å²) in [5.41, 5.74) is 0.627. The summed E-state index contributed by atoms with van der Waals surface area (Å²) in [4.78, 5) is 40.3. The molecule has 1 aromatic rings. The summed E-state index contributed by atoms with van der Waals surface area (Å²) in [5, 5.41) is 3.87. The molecule has 0 aliphatic carbocycles. The van der Waals surface area contributed by atoms with Crippen molar-refractivity contribution in [3.8, 4) is 0 Å². The maximum absolute atomic E-state index is 12.5. The van der Waals surface area contributed by atoms with Crippen molar-refractivity contribution in [2.75, 3.05) is 26.3 Å². The van der Waals surface area contributed by atoms with E-state index in [1.165, 1.54) is 4.90 Å². The second kappa shape index (κ2) is 7.34. The van der Waals surface area contributed by atoms with Gasteiger partial charge in [0.15, 0.2) is 6.04 Å². The molecule has 0 spiro atoms. The van der Waals surface area contributed by atoms with E-state index < -0.39 is 18.1 Å². The molecular weight excluding hydrogens is 348 g/mol. The molecule has 0 radical (unpaired) electrons. The van der Waals surface area contributed by atoms with Gasteiger partial charge in [0.2, 0.25) is 0 Å². The number of aromatic nitrogens is 2. The normalized spacial score (nSPS) is 21.4. The third-order valence-electron chi connectivity index (χ3n) is 4.46. The van der Waals surface area contributed by atoms with E-state index in [-0.39, 0.29) is 25.2 Å². The maximum Gasteiger partial charge on any atom is 0.410 e. The summed E-state index contributed by atoms with van der Waals surface area (Å²) in [5.74, 6) is -0.532. The minimum absolute atomic E-state index is 0.0164. The minimum atomic E-state index is -0.701. The first kappa shape index (κ1) is 17.6. The lowest BCUT2D eigenvalue weighted by Crippen LogP contribution is -2.52. The molecule has 2 saturated heterocycles. The number of hydrogen-bond acceptors (Lipinski definition) is 8. The van der Waals surface area contributed by atoms with Crippen LogP contribution in [0.1, 0.15) is 35.1 Å². The Hall–Kier alpha value is -2.23. The van der Waals surface area contributed by atoms with Gasteiger partial charge in [-0.25, -0.2) is 9.59 Å². The predicted molar refractivity (Wildman–Crippen MR) is 87.2 cm³/mol. The van der Waals surface area contributed by atoms with Crippen molar-refractivity contribution in [3.63, 3.8) is 0 Å². The van der Waals surface area contributed by atoms with Gasteiger partial charge in [-0.05, 0) is 38.2 Å². The van der Waals surface area contributed by atoms with Gasteiger partial charge in [-0.15, -0.1) is 5.10 Å². The van der Waals surface area contributed by atoms with Crippen molar-refractivity contribution in [2.45, 2.75) is 38.8 Å². The highest BCUT2D eigenvalue weighted by atomic mass is 32.1. The zero-order chi connectivity index (χ0) is 18.0. The lowest BCUT2D eigenvalue weighted by atomic mass is 10.0. The van der Waals surface area contributed by atoms with Gasteiger partial charge in [0.1, 0.15) is 11.5 Å². The lowest BCUT2D eigenvalue weighted by molar-refractivity contribution is -0.148. The van der Waals surface area contributed by atoms with Gasteiger partial charge < -0.3 is 14.4 Å². The van der Waals surface area contributed by atoms with Crippen molar-refractivity contribution in [2.24, 2.45) is 0 Å². The van der Waals surface area contributed by atoms with E-state index in [4.69, 9.17) is 9.47 Å². The Morgan fingerprint density at radius 3 is 2.68 bits per heavy atom. The maximum atomic E-state index is 12.5. The standard InChI is InChI=1S/C15H20N4O5S/c1-3-23-14(21)11-8-24-15(22)19(11)10-4-6-18(7-5-10)13(20)12-9(2)16-17-25-12/h10-11H,3-8H2,1-2H3. The number of aryl methyl sites for hydroxylation is 1. The first-order valence-corrected chi connectivity index (χ1v) is 9.00. The summed E-state index contributed by atoms with van der Waals surface area (Å²) in [6.45, 7) is 4.75. The highest BCUT2D eigenvalue weighted by Crippen LogP contribution is 2.26. The smallest absolute Gasteiger partial charge is 0.410 e. The van der Waals surface area contributed by atoms with E-state index in [9.17, 15) is 14.4 Å². The molecule has 2 fully saturated rings. The minimum Gasteiger partial charge on any atom is -0.464 e. The van der Waals surface area contributed by atoms with Crippen LogP contribution in [0.2, 0.25) is 0 Å². The van der Waals surface area contributed by atoms with Gasteiger partial charge >= 0.3 is 12.1 Å². The van der Waals surface area contributed by atoms with Crippen LogP contribution < -0.4 is 0 Å². The number of esters is 1. The summed E-state index contributed by atoms with van der Waals surface area (Å²) in [7, 11) is 0. The van der Waals surface area contributed by atoms with Gasteiger partial charge in [-0.3, -0.25) is 9.69 Å². The monoisotopic (exact) mass is 368 g/mol. The second-order valence-corrected chi connectivity index (χ2v) is 6.72. The van der Waals surface area contributed by atoms with Crippen LogP contribution in [0, 0.1) is 6.92 Å². The lowest BCUT2D eigenvalue weighted by Gasteiger charge is -2.37. The Bertz CT molecular complexity index is 671. The number of ether oxygens (including phenoxy) is 2. The van der Waals surface area contributed by atoms with Gasteiger partial charge in [0, 0.05) is 19.1 Å². The zero-order valence-electron chi connectivity index (χ0n) is 14.1. The number of nitrogens with zero attached hydrogens (tertiary/aromatic N) is 4. The molecule has 3 rings (SSSR count). The van der Waals surface area contributed by atoms with Gasteiger partial charge in [0.05, 0.1) is 12.3 Å². The largest absolute Gasteiger partial charge is 0.464 e. The van der Waals surface area contributed by atoms with Gasteiger partial charge in [-0.1, -0.05) is 4.49 Å². The Morgan fingerprint density at radius 1 is 1.36 bits per heavy atom. The Balaban J connectivity index is 1.63. The molecule has 25 heavy (non-hydrogen) atoms. The number of carbonyl (C=O) groups excluding carboxylic acids is 3. The number of amides is 2. The molecule has 3 heterocycles. The van der Waals surface area contributed by atoms with Gasteiger partial charge in [-0.2, -0.15) is 0 Å². The van der Waals surface area contributed by atoms with Crippen molar-refractivity contribution in [3.05, 3.63) is 10.6 Å². The average Bonchev–Trinajstić information content (AvgIpc) is 3.20. The fourth-order valence-corrected chi connectivity index (χ4v) is 3.80. The van der Waals surface area contributed by atoms with Crippen LogP contribution in [-0.4, -0.2) is 75.7 Å². The molecule has 2 aliphatic heterocycles. The number of hydrogen-bond donors (Lipinski definition) is 0. The number of carbonyl (C=O) groups is 3. The second-order valence-electron chi connectivity index (χ2n) is 5.96. The Morgan fingerprint density at radius 2 is 2.08 bits per heavy atom. The number of cyclic esters (lactones) is 1. The van der Waals surface area contributed by atoms with E-state index >= 15 is 0 Å². The van der Waals surface area contributed by atoms with E-state index in [1.807, 2.05) is 0 Å². The number of likely N-dealkylation sites (tertiary alicyclic amines) is 1. The molecule has 9 nitrogen and oxygen atoms in total. The van der Waals surface area contributed by atoms with E-state index in [2.05, 4.69) is 9.59 Å². The molecule has 0 aromatic carbocycles. The van der Waals surface area contributed by atoms with E-state index in [0.29, 0.717) is 36.5 Å². The van der Waals surface area contributed by atoms with Crippen LogP contribution in [0.25, 0.3) is 0 Å². The molecule has 1 unspecified atom stereocenters. The third kappa shape index (κ3) is 3.44. The molecule has 1 atom stereocenters. The van der Waals surface area contributed by atoms with E-state index in [1.54, 1.807) is 18.7 Å². The van der Waals surface area contributed by atoms with Gasteiger partial charge in [0.25, 0.3) is 5.91 Å². The molecule has 0 N–H and O–H groups in total. The van der Waals surface area contributed by atoms with Crippen LogP contribution in [0.4, 0.5) is 4.79 Å². The molecular formula is C15H20N4O5S. The molecule has 2 amide bonds. The third-order valence-corrected chi connectivity index (χ3v) is 5.28. The van der Waals surface area contributed by atoms with Crippen LogP contribution in [0.15, 0.2) is 0 Å². The van der Waals surface area contributed by atoms with Crippen LogP contribution in [-0.2, 0) is 14.3 Å². The topological polar surface area (TPSA) is 102 Å². The molecule has 0 bridgehead atoms. The summed E-state index contributed by atoms with van der Waals surface area (Å²) >= 11 is 1.09. The molecule has 1 aromatic heterocycles. The SMILES string of the molecule is CCOC(=O)C1COC(=O)N1C1CCN(C(=O)c2snnc2C)CC1. The molecule has 136 valence electrons. The first-order valence-electron chi connectivity index (χ1n) is 8.22. The Labute approximate surface area is 149 Å². The van der Waals surface area contributed by atoms with Crippen molar-refractivity contribution in [1.82, 2.24) is 19.4 Å². The molecule has 0 saturated carbocycles. The highest BCUT2D eigenvalue weighted by Gasteiger charge is 2.44. The summed E-state index contributed by atoms with van der Waals surface area (Å²) in [6.07, 6.45) is 0.676. The van der Waals surface area contributed by atoms with Crippen molar-refractivity contribution in [1.29, 1.82) is 0 Å². The van der Waals surface area contributed by atoms with Crippen LogP contribution in [0.5, 0.6) is 0 Å². The quantitative estimate of drug-likeness (QED) is 0.726. The predicted octanol–water partition coefficient (Wildman–Crippen LogP) is 0.835. The van der Waals surface area contributed by atoms with Crippen LogP contribution in [0.3, 0.4) is 0 Å². The summed E-state index contributed by atoms with van der Waals surface area (Å²) < 4.78 is 13.9. The summed E-state index contributed by atoms with van der Waals surface area (Å²) in [6, 6.07) is -0.846. The zero-order valence-corrected chi connectivity index (χ0v) is 15.0. The molecule has 2 aliphatic rings. The highest BCUT2D eigenvalue weighted by molar-refractivity contribution is 7.07.